The summed E-state index contributed by atoms with van der Waals surface area (Å²) in [7, 11) is 1.60. The number of pyridine rings is 1. The number of nitrogens with zero attached hydrogens (tertiary/aromatic N) is 1. The van der Waals surface area contributed by atoms with E-state index in [-0.39, 0.29) is 6.04 Å². The predicted octanol–water partition coefficient (Wildman–Crippen LogP) is 4.59. The van der Waals surface area contributed by atoms with E-state index < -0.39 is 11.8 Å². The molecule has 0 bridgehead atoms. The first-order valence-corrected chi connectivity index (χ1v) is 10.7. The number of hydrogen-bond donors (Lipinski definition) is 2. The van der Waals surface area contributed by atoms with Crippen molar-refractivity contribution < 1.29 is 14.3 Å². The number of fused-ring (bicyclic) bond motifs is 1. The Morgan fingerprint density at radius 1 is 0.909 bits per heavy atom. The molecule has 0 fully saturated rings. The lowest BCUT2D eigenvalue weighted by atomic mass is 9.98. The van der Waals surface area contributed by atoms with E-state index in [2.05, 4.69) is 15.6 Å². The number of carbonyl (C=O) groups is 2. The molecular formula is C27H25N3O3. The molecule has 1 unspecified atom stereocenters. The lowest BCUT2D eigenvalue weighted by molar-refractivity contribution is -0.136. The first-order chi connectivity index (χ1) is 16.0. The van der Waals surface area contributed by atoms with Gasteiger partial charge >= 0.3 is 11.8 Å². The minimum Gasteiger partial charge on any atom is -0.497 e. The molecule has 2 amide bonds. The SMILES string of the molecule is COc1ccc(C(Cc2ccccc2)NC(=O)C(=O)Nc2ccc(C)c3ncccc23)cc1. The summed E-state index contributed by atoms with van der Waals surface area (Å²) in [5.74, 6) is -0.707. The maximum absolute atomic E-state index is 12.9. The van der Waals surface area contributed by atoms with Crippen LogP contribution in [0.1, 0.15) is 22.7 Å². The molecule has 4 rings (SSSR count). The van der Waals surface area contributed by atoms with Crippen molar-refractivity contribution in [3.63, 3.8) is 0 Å². The van der Waals surface area contributed by atoms with Crippen LogP contribution in [0.4, 0.5) is 5.69 Å². The highest BCUT2D eigenvalue weighted by molar-refractivity contribution is 6.40. The van der Waals surface area contributed by atoms with E-state index >= 15 is 0 Å². The topological polar surface area (TPSA) is 80.3 Å². The number of ether oxygens (including phenoxy) is 1. The van der Waals surface area contributed by atoms with Gasteiger partial charge in [0.1, 0.15) is 5.75 Å². The molecule has 0 saturated heterocycles. The first-order valence-electron chi connectivity index (χ1n) is 10.7. The van der Waals surface area contributed by atoms with Crippen molar-refractivity contribution in [2.24, 2.45) is 0 Å². The molecular weight excluding hydrogens is 414 g/mol. The summed E-state index contributed by atoms with van der Waals surface area (Å²) in [6, 6.07) is 24.2. The molecule has 0 radical (unpaired) electrons. The van der Waals surface area contributed by atoms with Crippen LogP contribution in [-0.4, -0.2) is 23.9 Å². The molecule has 1 heterocycles. The van der Waals surface area contributed by atoms with Crippen molar-refractivity contribution in [1.29, 1.82) is 0 Å². The van der Waals surface area contributed by atoms with Gasteiger partial charge < -0.3 is 15.4 Å². The fourth-order valence-electron chi connectivity index (χ4n) is 3.76. The number of hydrogen-bond acceptors (Lipinski definition) is 4. The molecule has 0 spiro atoms. The van der Waals surface area contributed by atoms with Gasteiger partial charge in [-0.2, -0.15) is 0 Å². The first kappa shape index (κ1) is 22.0. The van der Waals surface area contributed by atoms with E-state index in [9.17, 15) is 9.59 Å². The number of aromatic nitrogens is 1. The second-order valence-corrected chi connectivity index (χ2v) is 7.77. The number of amides is 2. The summed E-state index contributed by atoms with van der Waals surface area (Å²) in [6.07, 6.45) is 2.25. The second kappa shape index (κ2) is 9.96. The fourth-order valence-corrected chi connectivity index (χ4v) is 3.76. The van der Waals surface area contributed by atoms with Gasteiger partial charge in [-0.25, -0.2) is 0 Å². The van der Waals surface area contributed by atoms with Gasteiger partial charge in [0.15, 0.2) is 0 Å². The standard InChI is InChI=1S/C27H25N3O3/c1-18-10-15-23(22-9-6-16-28-25(18)22)29-26(31)27(32)30-24(17-19-7-4-3-5-8-19)20-11-13-21(33-2)14-12-20/h3-16,24H,17H2,1-2H3,(H,29,31)(H,30,32). The van der Waals surface area contributed by atoms with Crippen LogP contribution < -0.4 is 15.4 Å². The molecule has 0 saturated carbocycles. The summed E-state index contributed by atoms with van der Waals surface area (Å²) >= 11 is 0. The van der Waals surface area contributed by atoms with Crippen LogP contribution in [0.25, 0.3) is 10.9 Å². The Labute approximate surface area is 192 Å². The molecule has 1 atom stereocenters. The van der Waals surface area contributed by atoms with Crippen LogP contribution in [0.3, 0.4) is 0 Å². The Morgan fingerprint density at radius 2 is 1.67 bits per heavy atom. The van der Waals surface area contributed by atoms with Crippen LogP contribution in [0.2, 0.25) is 0 Å². The Kier molecular flexibility index (Phi) is 6.64. The number of anilines is 1. The third-order valence-corrected chi connectivity index (χ3v) is 5.53. The van der Waals surface area contributed by atoms with Gasteiger partial charge in [0.2, 0.25) is 0 Å². The van der Waals surface area contributed by atoms with E-state index in [4.69, 9.17) is 4.74 Å². The van der Waals surface area contributed by atoms with Crippen LogP contribution >= 0.6 is 0 Å². The number of benzene rings is 3. The van der Waals surface area contributed by atoms with E-state index in [1.54, 1.807) is 25.4 Å². The normalized spacial score (nSPS) is 11.6. The number of carbonyl (C=O) groups excluding carboxylic acids is 2. The highest BCUT2D eigenvalue weighted by atomic mass is 16.5. The summed E-state index contributed by atoms with van der Waals surface area (Å²) in [6.45, 7) is 1.96. The number of rotatable bonds is 6. The third kappa shape index (κ3) is 5.18. The number of methoxy groups -OCH3 is 1. The van der Waals surface area contributed by atoms with Crippen molar-refractivity contribution in [2.75, 3.05) is 12.4 Å². The zero-order valence-electron chi connectivity index (χ0n) is 18.5. The largest absolute Gasteiger partial charge is 0.497 e. The molecule has 4 aromatic rings. The molecule has 0 aliphatic heterocycles. The monoisotopic (exact) mass is 439 g/mol. The van der Waals surface area contributed by atoms with Crippen molar-refractivity contribution in [3.8, 4) is 5.75 Å². The van der Waals surface area contributed by atoms with E-state index in [1.165, 1.54) is 0 Å². The average molecular weight is 440 g/mol. The molecule has 33 heavy (non-hydrogen) atoms. The highest BCUT2D eigenvalue weighted by Gasteiger charge is 2.21. The predicted molar refractivity (Wildman–Crippen MR) is 129 cm³/mol. The maximum Gasteiger partial charge on any atom is 0.313 e. The van der Waals surface area contributed by atoms with Gasteiger partial charge in [-0.1, -0.05) is 48.5 Å². The molecule has 166 valence electrons. The molecule has 0 aliphatic rings. The minimum atomic E-state index is -0.726. The molecule has 6 nitrogen and oxygen atoms in total. The van der Waals surface area contributed by atoms with Crippen molar-refractivity contribution in [3.05, 3.63) is 102 Å². The molecule has 3 aromatic carbocycles. The average Bonchev–Trinajstić information content (AvgIpc) is 2.86. The van der Waals surface area contributed by atoms with Gasteiger partial charge in [0, 0.05) is 11.6 Å². The highest BCUT2D eigenvalue weighted by Crippen LogP contribution is 2.25. The lowest BCUT2D eigenvalue weighted by Crippen LogP contribution is -2.38. The van der Waals surface area contributed by atoms with Crippen molar-refractivity contribution >= 4 is 28.4 Å². The van der Waals surface area contributed by atoms with Crippen LogP contribution in [-0.2, 0) is 16.0 Å². The minimum absolute atomic E-state index is 0.381. The zero-order chi connectivity index (χ0) is 23.2. The summed E-state index contributed by atoms with van der Waals surface area (Å²) < 4.78 is 5.24. The van der Waals surface area contributed by atoms with Gasteiger partial charge in [-0.3, -0.25) is 14.6 Å². The number of aryl methyl sites for hydroxylation is 1. The zero-order valence-corrected chi connectivity index (χ0v) is 18.5. The van der Waals surface area contributed by atoms with E-state index in [1.807, 2.05) is 73.7 Å². The Bertz CT molecular complexity index is 1270. The lowest BCUT2D eigenvalue weighted by Gasteiger charge is -2.20. The Morgan fingerprint density at radius 3 is 2.39 bits per heavy atom. The summed E-state index contributed by atoms with van der Waals surface area (Å²) in [5, 5.41) is 6.42. The van der Waals surface area contributed by atoms with E-state index in [0.29, 0.717) is 12.1 Å². The molecule has 0 aliphatic carbocycles. The van der Waals surface area contributed by atoms with Crippen LogP contribution in [0, 0.1) is 6.92 Å². The number of nitrogens with one attached hydrogen (secondary N) is 2. The van der Waals surface area contributed by atoms with Gasteiger partial charge in [-0.15, -0.1) is 0 Å². The Hall–Kier alpha value is -4.19. The molecule has 1 aromatic heterocycles. The second-order valence-electron chi connectivity index (χ2n) is 7.77. The van der Waals surface area contributed by atoms with Crippen molar-refractivity contribution in [2.45, 2.75) is 19.4 Å². The fraction of sp³-hybridized carbons (Fsp3) is 0.148. The summed E-state index contributed by atoms with van der Waals surface area (Å²) in [4.78, 5) is 30.1. The smallest absolute Gasteiger partial charge is 0.313 e. The van der Waals surface area contributed by atoms with Gasteiger partial charge in [0.05, 0.1) is 24.4 Å². The van der Waals surface area contributed by atoms with E-state index in [0.717, 1.165) is 33.3 Å². The van der Waals surface area contributed by atoms with Crippen molar-refractivity contribution in [1.82, 2.24) is 10.3 Å². The molecule has 6 heteroatoms. The quantitative estimate of drug-likeness (QED) is 0.431. The Balaban J connectivity index is 1.54. The van der Waals surface area contributed by atoms with Gasteiger partial charge in [0.25, 0.3) is 0 Å². The third-order valence-electron chi connectivity index (χ3n) is 5.53. The van der Waals surface area contributed by atoms with Crippen LogP contribution in [0.15, 0.2) is 85.1 Å². The summed E-state index contributed by atoms with van der Waals surface area (Å²) in [5.41, 5.74) is 4.26. The van der Waals surface area contributed by atoms with Crippen LogP contribution in [0.5, 0.6) is 5.75 Å². The van der Waals surface area contributed by atoms with Gasteiger partial charge in [-0.05, 0) is 60.4 Å². The maximum atomic E-state index is 12.9. The molecule has 2 N–H and O–H groups in total.